The highest BCUT2D eigenvalue weighted by molar-refractivity contribution is 6.18. The molecule has 0 unspecified atom stereocenters. The molecule has 0 amide bonds. The maximum Gasteiger partial charge on any atom is 0.142 e. The highest BCUT2D eigenvalue weighted by Crippen LogP contribution is 2.46. The molecule has 6 aromatic rings. The van der Waals surface area contributed by atoms with E-state index in [1.807, 2.05) is 24.3 Å². The van der Waals surface area contributed by atoms with Crippen LogP contribution in [0.5, 0.6) is 11.5 Å². The molecular formula is C32H26N2O2. The highest BCUT2D eigenvalue weighted by atomic mass is 16.5. The first kappa shape index (κ1) is 21.9. The van der Waals surface area contributed by atoms with E-state index in [4.69, 9.17) is 14.5 Å². The average Bonchev–Trinajstić information content (AvgIpc) is 3.24. The van der Waals surface area contributed by atoms with E-state index < -0.39 is 0 Å². The molecule has 0 aliphatic rings. The van der Waals surface area contributed by atoms with Crippen LogP contribution in [0.1, 0.15) is 0 Å². The van der Waals surface area contributed by atoms with Crippen molar-refractivity contribution in [3.63, 3.8) is 0 Å². The summed E-state index contributed by atoms with van der Waals surface area (Å²) in [5, 5.41) is 2.35. The van der Waals surface area contributed by atoms with Gasteiger partial charge in [0, 0.05) is 34.5 Å². The van der Waals surface area contributed by atoms with Crippen molar-refractivity contribution in [3.05, 3.63) is 103 Å². The predicted molar refractivity (Wildman–Crippen MR) is 148 cm³/mol. The first-order valence-electron chi connectivity index (χ1n) is 11.9. The highest BCUT2D eigenvalue weighted by Gasteiger charge is 2.23. The van der Waals surface area contributed by atoms with Crippen LogP contribution in [-0.4, -0.2) is 23.8 Å². The van der Waals surface area contributed by atoms with Crippen molar-refractivity contribution in [1.82, 2.24) is 9.55 Å². The van der Waals surface area contributed by atoms with E-state index in [9.17, 15) is 0 Å². The molecule has 0 N–H and O–H groups in total. The molecule has 0 aliphatic carbocycles. The van der Waals surface area contributed by atoms with Crippen molar-refractivity contribution in [2.24, 2.45) is 7.05 Å². The minimum absolute atomic E-state index is 0.818. The molecule has 4 nitrogen and oxygen atoms in total. The van der Waals surface area contributed by atoms with Gasteiger partial charge in [0.05, 0.1) is 25.4 Å². The zero-order valence-corrected chi connectivity index (χ0v) is 20.5. The van der Waals surface area contributed by atoms with Gasteiger partial charge in [0.2, 0.25) is 0 Å². The predicted octanol–water partition coefficient (Wildman–Crippen LogP) is 7.74. The van der Waals surface area contributed by atoms with Crippen LogP contribution in [-0.2, 0) is 7.05 Å². The number of benzene rings is 4. The summed E-state index contributed by atoms with van der Waals surface area (Å²) in [6.45, 7) is 0. The molecule has 0 bridgehead atoms. The Morgan fingerprint density at radius 1 is 0.583 bits per heavy atom. The number of aromatic nitrogens is 2. The molecule has 4 heteroatoms. The van der Waals surface area contributed by atoms with E-state index in [1.165, 1.54) is 10.9 Å². The number of ether oxygens (including phenoxy) is 2. The molecule has 0 spiro atoms. The van der Waals surface area contributed by atoms with E-state index in [0.29, 0.717) is 0 Å². The van der Waals surface area contributed by atoms with Crippen LogP contribution < -0.4 is 9.47 Å². The van der Waals surface area contributed by atoms with Gasteiger partial charge in [-0.25, -0.2) is 4.98 Å². The van der Waals surface area contributed by atoms with Crippen LogP contribution in [0.4, 0.5) is 0 Å². The largest absolute Gasteiger partial charge is 0.497 e. The van der Waals surface area contributed by atoms with Gasteiger partial charge in [-0.2, -0.15) is 0 Å². The molecule has 0 aliphatic heterocycles. The third-order valence-electron chi connectivity index (χ3n) is 6.84. The lowest BCUT2D eigenvalue weighted by molar-refractivity contribution is 0.414. The summed E-state index contributed by atoms with van der Waals surface area (Å²) in [4.78, 5) is 5.33. The third-order valence-corrected chi connectivity index (χ3v) is 6.84. The van der Waals surface area contributed by atoms with E-state index in [1.54, 1.807) is 14.2 Å². The quantitative estimate of drug-likeness (QED) is 0.258. The second-order valence-corrected chi connectivity index (χ2v) is 8.81. The SMILES string of the molecule is COc1ccc(-c2nc3c(c(-c4ccccc4)c2-c2ccc(OC)cc2)c2ccccc2n3C)cc1. The number of rotatable bonds is 5. The van der Waals surface area contributed by atoms with Crippen molar-refractivity contribution < 1.29 is 9.47 Å². The standard InChI is InChI=1S/C32H26N2O2/c1-34-27-12-8-7-11-26(27)30-28(21-9-5-4-6-10-21)29(22-13-17-24(35-2)18-14-22)31(33-32(30)34)23-15-19-25(36-3)20-16-23/h4-20H,1-3H3. The summed E-state index contributed by atoms with van der Waals surface area (Å²) in [5.74, 6) is 1.64. The summed E-state index contributed by atoms with van der Waals surface area (Å²) in [6.07, 6.45) is 0. The van der Waals surface area contributed by atoms with Crippen molar-refractivity contribution in [1.29, 1.82) is 0 Å². The Morgan fingerprint density at radius 3 is 1.78 bits per heavy atom. The number of pyridine rings is 1. The van der Waals surface area contributed by atoms with E-state index in [0.717, 1.165) is 56.0 Å². The topological polar surface area (TPSA) is 36.3 Å². The molecule has 0 atom stereocenters. The Balaban J connectivity index is 1.81. The van der Waals surface area contributed by atoms with Gasteiger partial charge in [-0.3, -0.25) is 0 Å². The fourth-order valence-electron chi connectivity index (χ4n) is 5.05. The van der Waals surface area contributed by atoms with Crippen LogP contribution in [0.15, 0.2) is 103 Å². The molecule has 0 saturated heterocycles. The maximum atomic E-state index is 5.46. The van der Waals surface area contributed by atoms with Crippen LogP contribution in [0, 0.1) is 0 Å². The first-order chi connectivity index (χ1) is 17.7. The van der Waals surface area contributed by atoms with Crippen LogP contribution in [0.25, 0.3) is 55.4 Å². The van der Waals surface area contributed by atoms with Gasteiger partial charge < -0.3 is 14.0 Å². The lowest BCUT2D eigenvalue weighted by Gasteiger charge is -2.18. The number of para-hydroxylation sites is 1. The molecular weight excluding hydrogens is 444 g/mol. The number of hydrogen-bond donors (Lipinski definition) is 0. The smallest absolute Gasteiger partial charge is 0.142 e. The van der Waals surface area contributed by atoms with Gasteiger partial charge in [0.1, 0.15) is 17.1 Å². The monoisotopic (exact) mass is 470 g/mol. The summed E-state index contributed by atoms with van der Waals surface area (Å²) >= 11 is 0. The van der Waals surface area contributed by atoms with Crippen molar-refractivity contribution in [3.8, 4) is 45.0 Å². The van der Waals surface area contributed by atoms with Gasteiger partial charge >= 0.3 is 0 Å². The number of nitrogens with zero attached hydrogens (tertiary/aromatic N) is 2. The van der Waals surface area contributed by atoms with Crippen molar-refractivity contribution in [2.75, 3.05) is 14.2 Å². The average molecular weight is 471 g/mol. The van der Waals surface area contributed by atoms with Crippen molar-refractivity contribution in [2.45, 2.75) is 0 Å². The Labute approximate surface area is 210 Å². The number of hydrogen-bond acceptors (Lipinski definition) is 3. The van der Waals surface area contributed by atoms with Gasteiger partial charge in [-0.1, -0.05) is 60.7 Å². The Hall–Kier alpha value is -4.57. The Kier molecular flexibility index (Phi) is 5.42. The van der Waals surface area contributed by atoms with Crippen LogP contribution in [0.2, 0.25) is 0 Å². The first-order valence-corrected chi connectivity index (χ1v) is 11.9. The van der Waals surface area contributed by atoms with Gasteiger partial charge in [0.15, 0.2) is 0 Å². The second-order valence-electron chi connectivity index (χ2n) is 8.81. The minimum atomic E-state index is 0.818. The Bertz CT molecular complexity index is 1680. The lowest BCUT2D eigenvalue weighted by Crippen LogP contribution is -1.98. The Morgan fingerprint density at radius 2 is 1.14 bits per heavy atom. The summed E-state index contributed by atoms with van der Waals surface area (Å²) in [5.41, 5.74) is 8.59. The van der Waals surface area contributed by atoms with Gasteiger partial charge in [0.25, 0.3) is 0 Å². The zero-order chi connectivity index (χ0) is 24.6. The fraction of sp³-hybridized carbons (Fsp3) is 0.0938. The molecule has 0 radical (unpaired) electrons. The third kappa shape index (κ3) is 3.50. The lowest BCUT2D eigenvalue weighted by atomic mass is 9.88. The van der Waals surface area contributed by atoms with Gasteiger partial charge in [-0.05, 0) is 53.6 Å². The minimum Gasteiger partial charge on any atom is -0.497 e. The van der Waals surface area contributed by atoms with E-state index >= 15 is 0 Å². The molecule has 2 heterocycles. The number of methoxy groups -OCH3 is 2. The number of aryl methyl sites for hydroxylation is 1. The van der Waals surface area contributed by atoms with Crippen molar-refractivity contribution >= 4 is 21.9 Å². The second kappa shape index (κ2) is 8.90. The molecule has 2 aromatic heterocycles. The molecule has 4 aromatic carbocycles. The molecule has 0 fully saturated rings. The van der Waals surface area contributed by atoms with Crippen LogP contribution >= 0.6 is 0 Å². The molecule has 176 valence electrons. The fourth-order valence-corrected chi connectivity index (χ4v) is 5.05. The zero-order valence-electron chi connectivity index (χ0n) is 20.5. The maximum absolute atomic E-state index is 5.46. The normalized spacial score (nSPS) is 11.2. The van der Waals surface area contributed by atoms with Crippen LogP contribution in [0.3, 0.4) is 0 Å². The number of fused-ring (bicyclic) bond motifs is 3. The summed E-state index contributed by atoms with van der Waals surface area (Å²) in [6, 6.07) is 35.5. The molecule has 6 rings (SSSR count). The van der Waals surface area contributed by atoms with E-state index in [-0.39, 0.29) is 0 Å². The molecule has 0 saturated carbocycles. The summed E-state index contributed by atoms with van der Waals surface area (Å²) in [7, 11) is 5.47. The van der Waals surface area contributed by atoms with E-state index in [2.05, 4.69) is 90.5 Å². The van der Waals surface area contributed by atoms with Gasteiger partial charge in [-0.15, -0.1) is 0 Å². The molecule has 36 heavy (non-hydrogen) atoms. The summed E-state index contributed by atoms with van der Waals surface area (Å²) < 4.78 is 13.1.